The lowest BCUT2D eigenvalue weighted by atomic mass is 10.2. The molecule has 5 nitrogen and oxygen atoms in total. The second-order valence-corrected chi connectivity index (χ2v) is 5.02. The minimum Gasteiger partial charge on any atom is -0.480 e. The van der Waals surface area contributed by atoms with Crippen LogP contribution in [0.4, 0.5) is 0 Å². The van der Waals surface area contributed by atoms with Crippen molar-refractivity contribution in [3.05, 3.63) is 0 Å². The number of hydrogen-bond acceptors (Lipinski definition) is 3. The number of nitrogens with one attached hydrogen (secondary N) is 1. The summed E-state index contributed by atoms with van der Waals surface area (Å²) in [6.07, 6.45) is 6.03. The molecule has 1 atom stereocenters. The zero-order valence-corrected chi connectivity index (χ0v) is 10.0. The molecule has 0 aromatic rings. The maximum atomic E-state index is 11.8. The topological polar surface area (TPSA) is 69.6 Å². The van der Waals surface area contributed by atoms with Gasteiger partial charge in [-0.25, -0.2) is 0 Å². The summed E-state index contributed by atoms with van der Waals surface area (Å²) in [6.45, 7) is 0.947. The number of hydrogen-bond donors (Lipinski definition) is 2. The first kappa shape index (κ1) is 12.4. The molecule has 1 saturated carbocycles. The molecule has 1 saturated heterocycles. The normalized spacial score (nSPS) is 26.2. The van der Waals surface area contributed by atoms with Gasteiger partial charge in [-0.05, 0) is 32.2 Å². The Morgan fingerprint density at radius 2 is 1.88 bits per heavy atom. The summed E-state index contributed by atoms with van der Waals surface area (Å²) in [4.78, 5) is 24.5. The van der Waals surface area contributed by atoms with Crippen molar-refractivity contribution in [2.45, 2.75) is 50.6 Å². The lowest BCUT2D eigenvalue weighted by Gasteiger charge is -2.21. The van der Waals surface area contributed by atoms with Crippen LogP contribution in [0.5, 0.6) is 0 Å². The molecule has 5 heteroatoms. The van der Waals surface area contributed by atoms with Gasteiger partial charge in [-0.2, -0.15) is 0 Å². The fraction of sp³-hybridized carbons (Fsp3) is 0.833. The van der Waals surface area contributed by atoms with Crippen LogP contribution < -0.4 is 5.32 Å². The van der Waals surface area contributed by atoms with Crippen molar-refractivity contribution in [3.8, 4) is 0 Å². The van der Waals surface area contributed by atoms with Crippen molar-refractivity contribution >= 4 is 11.9 Å². The zero-order chi connectivity index (χ0) is 12.3. The molecule has 0 bridgehead atoms. The average molecular weight is 240 g/mol. The molecule has 17 heavy (non-hydrogen) atoms. The van der Waals surface area contributed by atoms with Crippen molar-refractivity contribution in [2.24, 2.45) is 0 Å². The molecule has 1 aliphatic heterocycles. The Bertz CT molecular complexity index is 300. The van der Waals surface area contributed by atoms with Gasteiger partial charge in [-0.3, -0.25) is 14.5 Å². The highest BCUT2D eigenvalue weighted by molar-refractivity contribution is 5.80. The van der Waals surface area contributed by atoms with Gasteiger partial charge in [0.05, 0.1) is 6.54 Å². The highest BCUT2D eigenvalue weighted by Gasteiger charge is 2.32. The summed E-state index contributed by atoms with van der Waals surface area (Å²) in [5, 5.41) is 12.0. The third kappa shape index (κ3) is 3.19. The number of nitrogens with zero attached hydrogens (tertiary/aromatic N) is 1. The Hall–Kier alpha value is -1.10. The summed E-state index contributed by atoms with van der Waals surface area (Å²) >= 11 is 0. The van der Waals surface area contributed by atoms with Crippen LogP contribution in [0, 0.1) is 0 Å². The Kier molecular flexibility index (Phi) is 3.99. The third-order valence-corrected chi connectivity index (χ3v) is 3.72. The van der Waals surface area contributed by atoms with Gasteiger partial charge in [-0.1, -0.05) is 12.8 Å². The molecule has 2 fully saturated rings. The van der Waals surface area contributed by atoms with Gasteiger partial charge in [-0.15, -0.1) is 0 Å². The number of carboxylic acid groups (broad SMARTS) is 1. The molecule has 1 heterocycles. The lowest BCUT2D eigenvalue weighted by molar-refractivity contribution is -0.142. The Balaban J connectivity index is 1.79. The van der Waals surface area contributed by atoms with Crippen molar-refractivity contribution < 1.29 is 14.7 Å². The first-order valence-corrected chi connectivity index (χ1v) is 6.43. The van der Waals surface area contributed by atoms with E-state index in [1.807, 2.05) is 0 Å². The molecule has 0 radical (unpaired) electrons. The molecule has 0 aromatic heterocycles. The van der Waals surface area contributed by atoms with Gasteiger partial charge >= 0.3 is 5.97 Å². The summed E-state index contributed by atoms with van der Waals surface area (Å²) in [5.74, 6) is -0.832. The van der Waals surface area contributed by atoms with E-state index in [1.165, 1.54) is 12.8 Å². The fourth-order valence-electron chi connectivity index (χ4n) is 2.82. The molecule has 96 valence electrons. The van der Waals surface area contributed by atoms with E-state index in [-0.39, 0.29) is 12.5 Å². The standard InChI is InChI=1S/C12H20N2O3/c15-11(13-9-4-1-2-5-9)8-14-7-3-6-10(14)12(16)17/h9-10H,1-8H2,(H,13,15)(H,16,17). The van der Waals surface area contributed by atoms with Gasteiger partial charge in [0.2, 0.25) is 5.91 Å². The van der Waals surface area contributed by atoms with Crippen LogP contribution in [-0.2, 0) is 9.59 Å². The monoisotopic (exact) mass is 240 g/mol. The van der Waals surface area contributed by atoms with E-state index in [2.05, 4.69) is 5.32 Å². The smallest absolute Gasteiger partial charge is 0.320 e. The predicted octanol–water partition coefficient (Wildman–Crippen LogP) is 0.594. The van der Waals surface area contributed by atoms with E-state index in [0.29, 0.717) is 12.5 Å². The van der Waals surface area contributed by atoms with E-state index in [4.69, 9.17) is 5.11 Å². The minimum absolute atomic E-state index is 0.0231. The van der Waals surface area contributed by atoms with Crippen LogP contribution in [0.25, 0.3) is 0 Å². The summed E-state index contributed by atoms with van der Waals surface area (Å²) < 4.78 is 0. The predicted molar refractivity (Wildman–Crippen MR) is 62.6 cm³/mol. The number of rotatable bonds is 4. The van der Waals surface area contributed by atoms with Crippen molar-refractivity contribution in [1.29, 1.82) is 0 Å². The molecule has 2 aliphatic rings. The molecule has 1 amide bonds. The Morgan fingerprint density at radius 3 is 2.53 bits per heavy atom. The maximum absolute atomic E-state index is 11.8. The van der Waals surface area contributed by atoms with Crippen LogP contribution in [0.3, 0.4) is 0 Å². The number of carbonyl (C=O) groups is 2. The molecule has 1 aliphatic carbocycles. The minimum atomic E-state index is -0.809. The van der Waals surface area contributed by atoms with E-state index >= 15 is 0 Å². The number of carbonyl (C=O) groups excluding carboxylic acids is 1. The SMILES string of the molecule is O=C(CN1CCCC1C(=O)O)NC1CCCC1. The fourth-order valence-corrected chi connectivity index (χ4v) is 2.82. The Morgan fingerprint density at radius 1 is 1.18 bits per heavy atom. The second kappa shape index (κ2) is 5.49. The molecule has 2 N–H and O–H groups in total. The number of carboxylic acids is 1. The van der Waals surface area contributed by atoms with Gasteiger partial charge < -0.3 is 10.4 Å². The molecular weight excluding hydrogens is 220 g/mol. The number of amides is 1. The first-order valence-electron chi connectivity index (χ1n) is 6.43. The van der Waals surface area contributed by atoms with Crippen molar-refractivity contribution in [1.82, 2.24) is 10.2 Å². The third-order valence-electron chi connectivity index (χ3n) is 3.72. The van der Waals surface area contributed by atoms with Gasteiger partial charge in [0.1, 0.15) is 6.04 Å². The summed E-state index contributed by atoms with van der Waals surface area (Å²) in [7, 11) is 0. The van der Waals surface area contributed by atoms with E-state index in [1.54, 1.807) is 4.90 Å². The lowest BCUT2D eigenvalue weighted by Crippen LogP contribution is -2.45. The second-order valence-electron chi connectivity index (χ2n) is 5.02. The van der Waals surface area contributed by atoms with Gasteiger partial charge in [0, 0.05) is 6.04 Å². The van der Waals surface area contributed by atoms with Crippen LogP contribution in [-0.4, -0.2) is 47.1 Å². The number of aliphatic carboxylic acids is 1. The molecule has 2 rings (SSSR count). The van der Waals surface area contributed by atoms with Crippen LogP contribution >= 0.6 is 0 Å². The number of likely N-dealkylation sites (tertiary alicyclic amines) is 1. The highest BCUT2D eigenvalue weighted by atomic mass is 16.4. The first-order chi connectivity index (χ1) is 8.16. The van der Waals surface area contributed by atoms with Crippen molar-refractivity contribution in [3.63, 3.8) is 0 Å². The van der Waals surface area contributed by atoms with Crippen molar-refractivity contribution in [2.75, 3.05) is 13.1 Å². The van der Waals surface area contributed by atoms with E-state index in [9.17, 15) is 9.59 Å². The largest absolute Gasteiger partial charge is 0.480 e. The maximum Gasteiger partial charge on any atom is 0.320 e. The van der Waals surface area contributed by atoms with E-state index in [0.717, 1.165) is 25.8 Å². The van der Waals surface area contributed by atoms with E-state index < -0.39 is 12.0 Å². The molecular formula is C12H20N2O3. The van der Waals surface area contributed by atoms with Gasteiger partial charge in [0.25, 0.3) is 0 Å². The summed E-state index contributed by atoms with van der Waals surface area (Å²) in [6, 6.07) is -0.155. The average Bonchev–Trinajstić information content (AvgIpc) is 2.88. The molecule has 0 aromatic carbocycles. The van der Waals surface area contributed by atoms with Gasteiger partial charge in [0.15, 0.2) is 0 Å². The summed E-state index contributed by atoms with van der Waals surface area (Å²) in [5.41, 5.74) is 0. The van der Waals surface area contributed by atoms with Crippen LogP contribution in [0.1, 0.15) is 38.5 Å². The highest BCUT2D eigenvalue weighted by Crippen LogP contribution is 2.19. The molecule has 1 unspecified atom stereocenters. The quantitative estimate of drug-likeness (QED) is 0.754. The van der Waals surface area contributed by atoms with Crippen LogP contribution in [0.15, 0.2) is 0 Å². The molecule has 0 spiro atoms. The van der Waals surface area contributed by atoms with Crippen LogP contribution in [0.2, 0.25) is 0 Å². The Labute approximate surface area is 101 Å². The zero-order valence-electron chi connectivity index (χ0n) is 10.0.